The van der Waals surface area contributed by atoms with Crippen LogP contribution in [-0.4, -0.2) is 34.7 Å². The molecule has 1 aliphatic heterocycles. The quantitative estimate of drug-likeness (QED) is 0.891. The molecule has 3 rings (SSSR count). The normalized spacial score (nSPS) is 21.4. The van der Waals surface area contributed by atoms with Gasteiger partial charge in [0.1, 0.15) is 6.04 Å². The van der Waals surface area contributed by atoms with Crippen molar-refractivity contribution in [3.8, 4) is 0 Å². The number of benzene rings is 2. The van der Waals surface area contributed by atoms with Crippen LogP contribution in [0.4, 0.5) is 0 Å². The first-order chi connectivity index (χ1) is 11.2. The number of ether oxygens (including phenoxy) is 1. The molecule has 4 heteroatoms. The lowest BCUT2D eigenvalue weighted by Gasteiger charge is -2.20. The van der Waals surface area contributed by atoms with E-state index in [9.17, 15) is 9.90 Å². The highest BCUT2D eigenvalue weighted by Gasteiger charge is 2.37. The van der Waals surface area contributed by atoms with Crippen LogP contribution in [0.2, 0.25) is 0 Å². The summed E-state index contributed by atoms with van der Waals surface area (Å²) in [5.74, 6) is -0.772. The molecule has 4 nitrogen and oxygen atoms in total. The first-order valence-corrected chi connectivity index (χ1v) is 7.88. The van der Waals surface area contributed by atoms with E-state index in [-0.39, 0.29) is 6.10 Å². The summed E-state index contributed by atoms with van der Waals surface area (Å²) in [6.45, 7) is 1.82. The minimum Gasteiger partial charge on any atom is -0.480 e. The van der Waals surface area contributed by atoms with Crippen LogP contribution in [0.15, 0.2) is 60.7 Å². The van der Waals surface area contributed by atoms with Crippen LogP contribution >= 0.6 is 0 Å². The van der Waals surface area contributed by atoms with Gasteiger partial charge in [-0.25, -0.2) is 0 Å². The molecular formula is C19H21NO3. The van der Waals surface area contributed by atoms with Crippen molar-refractivity contribution in [2.24, 2.45) is 0 Å². The van der Waals surface area contributed by atoms with E-state index in [1.54, 1.807) is 0 Å². The largest absolute Gasteiger partial charge is 0.480 e. The fourth-order valence-corrected chi connectivity index (χ4v) is 3.02. The molecule has 0 saturated carbocycles. The number of carbonyl (C=O) groups is 1. The van der Waals surface area contributed by atoms with E-state index in [2.05, 4.69) is 0 Å². The van der Waals surface area contributed by atoms with Gasteiger partial charge in [-0.3, -0.25) is 9.69 Å². The van der Waals surface area contributed by atoms with Crippen LogP contribution < -0.4 is 0 Å². The second kappa shape index (κ2) is 7.40. The molecule has 0 unspecified atom stereocenters. The second-order valence-corrected chi connectivity index (χ2v) is 5.92. The summed E-state index contributed by atoms with van der Waals surface area (Å²) >= 11 is 0. The number of likely N-dealkylation sites (tertiary alicyclic amines) is 1. The van der Waals surface area contributed by atoms with Crippen molar-refractivity contribution in [2.45, 2.75) is 31.7 Å². The highest BCUT2D eigenvalue weighted by atomic mass is 16.5. The molecule has 0 amide bonds. The average Bonchev–Trinajstić information content (AvgIpc) is 2.98. The molecule has 0 aromatic heterocycles. The average molecular weight is 311 g/mol. The predicted molar refractivity (Wildman–Crippen MR) is 87.9 cm³/mol. The third kappa shape index (κ3) is 4.18. The first kappa shape index (κ1) is 15.7. The van der Waals surface area contributed by atoms with Crippen LogP contribution in [0.25, 0.3) is 0 Å². The first-order valence-electron chi connectivity index (χ1n) is 7.88. The standard InChI is InChI=1S/C19H21NO3/c21-19(22)18-11-17(23-14-16-9-5-2-6-10-16)13-20(18)12-15-7-3-1-4-8-15/h1-10,17-18H,11-14H2,(H,21,22)/t17-,18-/m1/s1. The van der Waals surface area contributed by atoms with Gasteiger partial charge in [-0.15, -0.1) is 0 Å². The number of carboxylic acids is 1. The Labute approximate surface area is 136 Å². The van der Waals surface area contributed by atoms with Crippen molar-refractivity contribution in [3.05, 3.63) is 71.8 Å². The zero-order valence-corrected chi connectivity index (χ0v) is 13.0. The SMILES string of the molecule is O=C(O)[C@H]1C[C@@H](OCc2ccccc2)CN1Cc1ccccc1. The fraction of sp³-hybridized carbons (Fsp3) is 0.316. The lowest BCUT2D eigenvalue weighted by molar-refractivity contribution is -0.142. The van der Waals surface area contributed by atoms with Crippen LogP contribution in [-0.2, 0) is 22.7 Å². The van der Waals surface area contributed by atoms with Crippen molar-refractivity contribution in [1.82, 2.24) is 4.90 Å². The van der Waals surface area contributed by atoms with Gasteiger partial charge in [0, 0.05) is 19.5 Å². The number of carboxylic acid groups (broad SMARTS) is 1. The smallest absolute Gasteiger partial charge is 0.321 e. The van der Waals surface area contributed by atoms with Gasteiger partial charge in [0.15, 0.2) is 0 Å². The molecule has 2 aromatic rings. The van der Waals surface area contributed by atoms with E-state index in [0.717, 1.165) is 11.1 Å². The predicted octanol–water partition coefficient (Wildman–Crippen LogP) is 2.93. The summed E-state index contributed by atoms with van der Waals surface area (Å²) in [4.78, 5) is 13.5. The van der Waals surface area contributed by atoms with Gasteiger partial charge < -0.3 is 9.84 Å². The minimum absolute atomic E-state index is 0.0416. The van der Waals surface area contributed by atoms with Crippen molar-refractivity contribution in [1.29, 1.82) is 0 Å². The number of aliphatic carboxylic acids is 1. The molecule has 120 valence electrons. The Morgan fingerprint density at radius 3 is 2.26 bits per heavy atom. The fourth-order valence-electron chi connectivity index (χ4n) is 3.02. The molecule has 0 bridgehead atoms. The van der Waals surface area contributed by atoms with E-state index >= 15 is 0 Å². The van der Waals surface area contributed by atoms with Crippen LogP contribution in [0.5, 0.6) is 0 Å². The minimum atomic E-state index is -0.772. The van der Waals surface area contributed by atoms with E-state index < -0.39 is 12.0 Å². The van der Waals surface area contributed by atoms with Gasteiger partial charge in [-0.1, -0.05) is 60.7 Å². The zero-order valence-electron chi connectivity index (χ0n) is 13.0. The number of nitrogens with zero attached hydrogens (tertiary/aromatic N) is 1. The van der Waals surface area contributed by atoms with Gasteiger partial charge in [0.05, 0.1) is 12.7 Å². The Balaban J connectivity index is 1.60. The van der Waals surface area contributed by atoms with Gasteiger partial charge in [0.2, 0.25) is 0 Å². The molecule has 0 aliphatic carbocycles. The molecular weight excluding hydrogens is 290 g/mol. The summed E-state index contributed by atoms with van der Waals surface area (Å²) in [5, 5.41) is 9.47. The summed E-state index contributed by atoms with van der Waals surface area (Å²) < 4.78 is 5.93. The monoisotopic (exact) mass is 311 g/mol. The molecule has 23 heavy (non-hydrogen) atoms. The molecule has 1 fully saturated rings. The Morgan fingerprint density at radius 2 is 1.65 bits per heavy atom. The second-order valence-electron chi connectivity index (χ2n) is 5.92. The lowest BCUT2D eigenvalue weighted by atomic mass is 10.1. The Hall–Kier alpha value is -2.17. The van der Waals surface area contributed by atoms with Crippen molar-refractivity contribution < 1.29 is 14.6 Å². The van der Waals surface area contributed by atoms with Gasteiger partial charge in [0.25, 0.3) is 0 Å². The van der Waals surface area contributed by atoms with Gasteiger partial charge in [-0.05, 0) is 11.1 Å². The van der Waals surface area contributed by atoms with E-state index in [1.807, 2.05) is 65.6 Å². The third-order valence-electron chi connectivity index (χ3n) is 4.21. The maximum atomic E-state index is 11.5. The molecule has 0 radical (unpaired) electrons. The Bertz CT molecular complexity index is 630. The molecule has 1 aliphatic rings. The summed E-state index contributed by atoms with van der Waals surface area (Å²) in [5.41, 5.74) is 2.24. The van der Waals surface area contributed by atoms with Crippen molar-refractivity contribution in [2.75, 3.05) is 6.54 Å². The summed E-state index contributed by atoms with van der Waals surface area (Å²) in [6.07, 6.45) is 0.495. The number of hydrogen-bond acceptors (Lipinski definition) is 3. The van der Waals surface area contributed by atoms with E-state index in [4.69, 9.17) is 4.74 Å². The maximum Gasteiger partial charge on any atom is 0.321 e. The highest BCUT2D eigenvalue weighted by Crippen LogP contribution is 2.23. The summed E-state index contributed by atoms with van der Waals surface area (Å²) in [7, 11) is 0. The van der Waals surface area contributed by atoms with Crippen LogP contribution in [0, 0.1) is 0 Å². The van der Waals surface area contributed by atoms with E-state index in [0.29, 0.717) is 26.1 Å². The number of rotatable bonds is 6. The van der Waals surface area contributed by atoms with Crippen LogP contribution in [0.1, 0.15) is 17.5 Å². The van der Waals surface area contributed by atoms with Gasteiger partial charge >= 0.3 is 5.97 Å². The molecule has 2 atom stereocenters. The molecule has 1 saturated heterocycles. The lowest BCUT2D eigenvalue weighted by Crippen LogP contribution is -2.35. The highest BCUT2D eigenvalue weighted by molar-refractivity contribution is 5.74. The molecule has 0 spiro atoms. The Morgan fingerprint density at radius 1 is 1.04 bits per heavy atom. The van der Waals surface area contributed by atoms with Crippen molar-refractivity contribution >= 4 is 5.97 Å². The van der Waals surface area contributed by atoms with Gasteiger partial charge in [-0.2, -0.15) is 0 Å². The maximum absolute atomic E-state index is 11.5. The zero-order chi connectivity index (χ0) is 16.1. The van der Waals surface area contributed by atoms with Crippen LogP contribution in [0.3, 0.4) is 0 Å². The molecule has 2 aromatic carbocycles. The molecule has 1 N–H and O–H groups in total. The van der Waals surface area contributed by atoms with Crippen molar-refractivity contribution in [3.63, 3.8) is 0 Å². The number of hydrogen-bond donors (Lipinski definition) is 1. The topological polar surface area (TPSA) is 49.8 Å². The Kier molecular flexibility index (Phi) is 5.05. The summed E-state index contributed by atoms with van der Waals surface area (Å²) in [6, 6.07) is 19.5. The third-order valence-corrected chi connectivity index (χ3v) is 4.21. The van der Waals surface area contributed by atoms with E-state index in [1.165, 1.54) is 0 Å². The molecule has 1 heterocycles.